The molecule has 0 saturated carbocycles. The minimum atomic E-state index is -2.57. The van der Waals surface area contributed by atoms with Crippen molar-refractivity contribution in [3.05, 3.63) is 148 Å². The lowest BCUT2D eigenvalue weighted by atomic mass is 9.85. The number of allylic oxidation sites excluding steroid dienone is 5. The smallest absolute Gasteiger partial charge is 0.339 e. The van der Waals surface area contributed by atoms with E-state index in [0.717, 1.165) is 40.1 Å². The van der Waals surface area contributed by atoms with E-state index in [1.165, 1.54) is 0 Å². The van der Waals surface area contributed by atoms with E-state index in [1.807, 2.05) is 109 Å². The molecule has 1 N–H and O–H groups in total. The van der Waals surface area contributed by atoms with Gasteiger partial charge in [0.25, 0.3) is 0 Å². The number of benzene rings is 4. The fourth-order valence-corrected chi connectivity index (χ4v) is 9.40. The lowest BCUT2D eigenvalue weighted by Crippen LogP contribution is -2.50. The molecule has 45 heavy (non-hydrogen) atoms. The van der Waals surface area contributed by atoms with Crippen LogP contribution in [0.5, 0.6) is 0 Å². The van der Waals surface area contributed by atoms with Gasteiger partial charge in [0.1, 0.15) is 26.5 Å². The van der Waals surface area contributed by atoms with Crippen LogP contribution < -0.4 is 10.1 Å². The minimum absolute atomic E-state index is 0.242. The summed E-state index contributed by atoms with van der Waals surface area (Å²) < 4.78 is 48.4. The van der Waals surface area contributed by atoms with Crippen molar-refractivity contribution < 1.29 is 27.6 Å². The van der Waals surface area contributed by atoms with Gasteiger partial charge in [-0.1, -0.05) is 55.6 Å². The maximum Gasteiger partial charge on any atom is 0.339 e. The molecule has 8 heteroatoms. The number of nitrogens with zero attached hydrogens (tertiary/aromatic N) is 2. The predicted octanol–water partition coefficient (Wildman–Crippen LogP) is 8.06. The van der Waals surface area contributed by atoms with E-state index >= 15 is 8.78 Å². The lowest BCUT2D eigenvalue weighted by molar-refractivity contribution is -0.403. The highest BCUT2D eigenvalue weighted by Crippen LogP contribution is 2.45. The summed E-state index contributed by atoms with van der Waals surface area (Å²) in [4.78, 5) is 14.5. The van der Waals surface area contributed by atoms with Crippen molar-refractivity contribution in [3.8, 4) is 0 Å². The van der Waals surface area contributed by atoms with Crippen molar-refractivity contribution in [3.63, 3.8) is 0 Å². The number of aromatic carboxylic acids is 1. The molecule has 4 aromatic rings. The molecule has 0 unspecified atom stereocenters. The Labute approximate surface area is 261 Å². The minimum Gasteiger partial charge on any atom is -0.478 e. The molecule has 0 radical (unpaired) electrons. The zero-order chi connectivity index (χ0) is 32.2. The molecule has 2 aliphatic rings. The van der Waals surface area contributed by atoms with E-state index in [2.05, 4.69) is 25.2 Å². The standard InChI is InChI=1S/C37H31F3N2O2Si/c1-22-34(38)32(33(37(43)44)36(40)35(22)39)31-27-18-16-25(41(2)23-12-8-6-9-13-23)20-29(27)45(4,5)30-21-26(17-19-28(30)31)42(3)24-14-10-7-11-15-24/h6-21H,1-5H3/p+1. The van der Waals surface area contributed by atoms with Gasteiger partial charge in [0.05, 0.1) is 0 Å². The summed E-state index contributed by atoms with van der Waals surface area (Å²) in [7, 11) is 1.34. The third kappa shape index (κ3) is 4.86. The van der Waals surface area contributed by atoms with Gasteiger partial charge in [-0.3, -0.25) is 0 Å². The van der Waals surface area contributed by atoms with E-state index in [9.17, 15) is 14.3 Å². The molecule has 4 nitrogen and oxygen atoms in total. The monoisotopic (exact) mass is 621 g/mol. The first kappa shape index (κ1) is 30.1. The Morgan fingerprint density at radius 2 is 1.49 bits per heavy atom. The number of carboxylic acids is 1. The van der Waals surface area contributed by atoms with Crippen LogP contribution in [-0.4, -0.2) is 43.5 Å². The maximum atomic E-state index is 16.2. The normalized spacial score (nSPS) is 16.1. The summed E-state index contributed by atoms with van der Waals surface area (Å²) in [6.07, 6.45) is 5.81. The quantitative estimate of drug-likeness (QED) is 0.139. The van der Waals surface area contributed by atoms with Gasteiger partial charge >= 0.3 is 5.97 Å². The third-order valence-electron chi connectivity index (χ3n) is 8.96. The van der Waals surface area contributed by atoms with Gasteiger partial charge in [0.15, 0.2) is 11.6 Å². The van der Waals surface area contributed by atoms with Gasteiger partial charge in [-0.15, -0.1) is 0 Å². The van der Waals surface area contributed by atoms with Gasteiger partial charge in [-0.05, 0) is 64.4 Å². The lowest BCUT2D eigenvalue weighted by Gasteiger charge is -2.38. The Morgan fingerprint density at radius 3 is 2.13 bits per heavy atom. The van der Waals surface area contributed by atoms with Crippen LogP contribution in [0.15, 0.2) is 108 Å². The molecule has 0 bridgehead atoms. The summed E-state index contributed by atoms with van der Waals surface area (Å²) in [6, 6.07) is 25.5. The van der Waals surface area contributed by atoms with Gasteiger partial charge in [-0.2, -0.15) is 4.58 Å². The van der Waals surface area contributed by atoms with E-state index in [0.29, 0.717) is 11.1 Å². The number of anilines is 2. The molecule has 0 spiro atoms. The van der Waals surface area contributed by atoms with Crippen LogP contribution in [0.1, 0.15) is 27.0 Å². The van der Waals surface area contributed by atoms with Crippen molar-refractivity contribution in [1.29, 1.82) is 0 Å². The Kier molecular flexibility index (Phi) is 7.49. The molecule has 0 atom stereocenters. The van der Waals surface area contributed by atoms with Crippen molar-refractivity contribution in [2.45, 2.75) is 20.0 Å². The topological polar surface area (TPSA) is 43.5 Å². The van der Waals surface area contributed by atoms with Gasteiger partial charge in [0.2, 0.25) is 11.4 Å². The van der Waals surface area contributed by atoms with Crippen molar-refractivity contribution in [2.24, 2.45) is 0 Å². The van der Waals surface area contributed by atoms with Crippen LogP contribution in [0.4, 0.5) is 30.2 Å². The van der Waals surface area contributed by atoms with Gasteiger partial charge in [-0.25, -0.2) is 18.0 Å². The SMILES string of the molecule is Cc1c(F)c(F)c(C(=O)O)c(C2=C3C=CC(=[N+](C)c4ccccc4)C=C3[Si](C)(C)c3cc(N(C)c4ccccc4)ccc32)c1F. The number of rotatable bonds is 5. The van der Waals surface area contributed by atoms with Crippen molar-refractivity contribution in [2.75, 3.05) is 19.0 Å². The first-order valence-electron chi connectivity index (χ1n) is 14.6. The second-order valence-corrected chi connectivity index (χ2v) is 16.2. The van der Waals surface area contributed by atoms with Crippen molar-refractivity contribution in [1.82, 2.24) is 0 Å². The first-order chi connectivity index (χ1) is 21.4. The summed E-state index contributed by atoms with van der Waals surface area (Å²) >= 11 is 0. The Hall–Kier alpha value is -4.95. The maximum absolute atomic E-state index is 16.2. The van der Waals surface area contributed by atoms with Gasteiger partial charge < -0.3 is 10.0 Å². The zero-order valence-corrected chi connectivity index (χ0v) is 26.6. The highest BCUT2D eigenvalue weighted by molar-refractivity contribution is 6.98. The summed E-state index contributed by atoms with van der Waals surface area (Å²) in [5.74, 6) is -5.90. The Morgan fingerprint density at radius 1 is 0.844 bits per heavy atom. The number of hydrogen-bond acceptors (Lipinski definition) is 2. The highest BCUT2D eigenvalue weighted by atomic mass is 28.3. The van der Waals surface area contributed by atoms with E-state index in [1.54, 1.807) is 0 Å². The highest BCUT2D eigenvalue weighted by Gasteiger charge is 2.43. The van der Waals surface area contributed by atoms with Crippen LogP contribution in [-0.2, 0) is 0 Å². The zero-order valence-electron chi connectivity index (χ0n) is 25.6. The molecule has 226 valence electrons. The fraction of sp³-hybridized carbons (Fsp3) is 0.135. The molecule has 0 aromatic heterocycles. The van der Waals surface area contributed by atoms with Crippen LogP contribution in [0.25, 0.3) is 5.57 Å². The number of para-hydroxylation sites is 2. The van der Waals surface area contributed by atoms with Crippen LogP contribution in [0.3, 0.4) is 0 Å². The predicted molar refractivity (Wildman–Crippen MR) is 177 cm³/mol. The number of carbonyl (C=O) groups is 1. The number of halogens is 3. The summed E-state index contributed by atoms with van der Waals surface area (Å²) in [5, 5.41) is 12.0. The second-order valence-electron chi connectivity index (χ2n) is 11.9. The molecule has 0 amide bonds. The van der Waals surface area contributed by atoms with E-state index < -0.39 is 48.2 Å². The third-order valence-corrected chi connectivity index (χ3v) is 12.5. The first-order valence-corrected chi connectivity index (χ1v) is 17.6. The molecule has 1 aliphatic heterocycles. The largest absolute Gasteiger partial charge is 0.478 e. The molecule has 4 aromatic carbocycles. The summed E-state index contributed by atoms with van der Waals surface area (Å²) in [6.45, 7) is 5.53. The van der Waals surface area contributed by atoms with Crippen LogP contribution in [0, 0.1) is 24.4 Å². The fourth-order valence-electron chi connectivity index (χ4n) is 6.33. The second kappa shape index (κ2) is 11.2. The average Bonchev–Trinajstić information content (AvgIpc) is 3.05. The molecule has 0 saturated heterocycles. The molecule has 6 rings (SSSR count). The average molecular weight is 622 g/mol. The van der Waals surface area contributed by atoms with E-state index in [-0.39, 0.29) is 5.57 Å². The summed E-state index contributed by atoms with van der Waals surface area (Å²) in [5.41, 5.74) is 3.17. The number of fused-ring (bicyclic) bond motifs is 2. The number of hydrogen-bond donors (Lipinski definition) is 1. The molecule has 1 heterocycles. The van der Waals surface area contributed by atoms with Crippen molar-refractivity contribution >= 4 is 47.6 Å². The van der Waals surface area contributed by atoms with Crippen LogP contribution >= 0.6 is 0 Å². The van der Waals surface area contributed by atoms with Gasteiger partial charge in [0, 0.05) is 53.8 Å². The molecular formula is C37H32F3N2O2Si+. The molecule has 1 aliphatic carbocycles. The molecule has 0 fully saturated rings. The number of carboxylic acid groups (broad SMARTS) is 1. The molecular weight excluding hydrogens is 589 g/mol. The Balaban J connectivity index is 1.69. The van der Waals surface area contributed by atoms with Crippen LogP contribution in [0.2, 0.25) is 13.1 Å². The Bertz CT molecular complexity index is 2010. The van der Waals surface area contributed by atoms with E-state index in [4.69, 9.17) is 0 Å².